The maximum atomic E-state index is 6.54. The number of hydrogen-bond acceptors (Lipinski definition) is 4. The number of anilines is 3. The number of para-hydroxylation sites is 2. The van der Waals surface area contributed by atoms with Crippen molar-refractivity contribution in [1.29, 1.82) is 0 Å². The molecule has 3 heterocycles. The molecule has 0 N–H and O–H groups in total. The van der Waals surface area contributed by atoms with E-state index in [1.165, 1.54) is 5.56 Å². The molecule has 0 spiro atoms. The van der Waals surface area contributed by atoms with Gasteiger partial charge in [-0.2, -0.15) is 0 Å². The molecule has 4 heteroatoms. The first-order valence-corrected chi connectivity index (χ1v) is 17.1. The summed E-state index contributed by atoms with van der Waals surface area (Å²) < 4.78 is 18.8. The Kier molecular flexibility index (Phi) is 6.10. The van der Waals surface area contributed by atoms with Gasteiger partial charge < -0.3 is 18.2 Å². The smallest absolute Gasteiger partial charge is 0.137 e. The van der Waals surface area contributed by atoms with Crippen molar-refractivity contribution in [2.45, 2.75) is 26.2 Å². The molecular weight excluding hydrogens is 615 g/mol. The van der Waals surface area contributed by atoms with E-state index in [2.05, 4.69) is 147 Å². The highest BCUT2D eigenvalue weighted by molar-refractivity contribution is 6.10. The van der Waals surface area contributed by atoms with Crippen LogP contribution < -0.4 is 4.90 Å². The van der Waals surface area contributed by atoms with Gasteiger partial charge in [0.2, 0.25) is 0 Å². The van der Waals surface area contributed by atoms with Gasteiger partial charge in [0.1, 0.15) is 33.5 Å². The van der Waals surface area contributed by atoms with Crippen LogP contribution in [-0.4, -0.2) is 0 Å². The Morgan fingerprint density at radius 1 is 0.360 bits per heavy atom. The normalized spacial score (nSPS) is 12.3. The average molecular weight is 648 g/mol. The van der Waals surface area contributed by atoms with Gasteiger partial charge in [0.25, 0.3) is 0 Å². The summed E-state index contributed by atoms with van der Waals surface area (Å²) in [4.78, 5) is 2.30. The summed E-state index contributed by atoms with van der Waals surface area (Å²) in [6.07, 6.45) is 0. The molecule has 3 aromatic heterocycles. The first-order valence-electron chi connectivity index (χ1n) is 17.1. The fourth-order valence-corrected chi connectivity index (χ4v) is 7.40. The molecule has 0 atom stereocenters. The lowest BCUT2D eigenvalue weighted by molar-refractivity contribution is 0.590. The fourth-order valence-electron chi connectivity index (χ4n) is 7.40. The molecule has 4 nitrogen and oxygen atoms in total. The van der Waals surface area contributed by atoms with E-state index < -0.39 is 0 Å². The maximum Gasteiger partial charge on any atom is 0.137 e. The number of fused-ring (bicyclic) bond motifs is 9. The Morgan fingerprint density at radius 3 is 1.40 bits per heavy atom. The zero-order chi connectivity index (χ0) is 33.6. The minimum atomic E-state index is 0.0576. The van der Waals surface area contributed by atoms with Gasteiger partial charge in [-0.15, -0.1) is 0 Å². The van der Waals surface area contributed by atoms with E-state index in [-0.39, 0.29) is 5.41 Å². The molecule has 10 rings (SSSR count). The molecule has 0 saturated heterocycles. The lowest BCUT2D eigenvalue weighted by atomic mass is 9.87. The van der Waals surface area contributed by atoms with Crippen LogP contribution in [-0.2, 0) is 5.41 Å². The van der Waals surface area contributed by atoms with Crippen molar-refractivity contribution in [3.05, 3.63) is 151 Å². The molecule has 10 aromatic rings. The van der Waals surface area contributed by atoms with Crippen LogP contribution in [0.15, 0.2) is 159 Å². The van der Waals surface area contributed by atoms with Gasteiger partial charge in [0, 0.05) is 55.4 Å². The minimum Gasteiger partial charge on any atom is -0.456 e. The van der Waals surface area contributed by atoms with Gasteiger partial charge in [-0.25, -0.2) is 0 Å². The molecule has 7 aromatic carbocycles. The Morgan fingerprint density at radius 2 is 0.800 bits per heavy atom. The number of nitrogens with zero attached hydrogens (tertiary/aromatic N) is 1. The second-order valence-corrected chi connectivity index (χ2v) is 14.2. The molecule has 240 valence electrons. The molecule has 0 bridgehead atoms. The quantitative estimate of drug-likeness (QED) is 0.191. The second-order valence-electron chi connectivity index (χ2n) is 14.2. The number of benzene rings is 7. The van der Waals surface area contributed by atoms with Gasteiger partial charge in [0.15, 0.2) is 0 Å². The van der Waals surface area contributed by atoms with Crippen LogP contribution in [0.1, 0.15) is 26.3 Å². The van der Waals surface area contributed by atoms with Crippen LogP contribution >= 0.6 is 0 Å². The van der Waals surface area contributed by atoms with Crippen molar-refractivity contribution in [3.63, 3.8) is 0 Å². The molecule has 50 heavy (non-hydrogen) atoms. The largest absolute Gasteiger partial charge is 0.456 e. The summed E-state index contributed by atoms with van der Waals surface area (Å²) in [6.45, 7) is 6.74. The van der Waals surface area contributed by atoms with E-state index in [1.54, 1.807) is 0 Å². The fraction of sp³-hybridized carbons (Fsp3) is 0.0870. The second kappa shape index (κ2) is 10.6. The highest BCUT2D eigenvalue weighted by Crippen LogP contribution is 2.42. The van der Waals surface area contributed by atoms with Crippen molar-refractivity contribution in [1.82, 2.24) is 0 Å². The zero-order valence-corrected chi connectivity index (χ0v) is 28.0. The Hall–Kier alpha value is -6.26. The third-order valence-corrected chi connectivity index (χ3v) is 10.0. The van der Waals surface area contributed by atoms with Crippen LogP contribution in [0.3, 0.4) is 0 Å². The number of rotatable bonds is 4. The van der Waals surface area contributed by atoms with E-state index in [0.29, 0.717) is 0 Å². The van der Waals surface area contributed by atoms with E-state index in [4.69, 9.17) is 13.3 Å². The number of hydrogen-bond donors (Lipinski definition) is 0. The molecule has 0 saturated carbocycles. The van der Waals surface area contributed by atoms with Crippen molar-refractivity contribution in [2.24, 2.45) is 0 Å². The van der Waals surface area contributed by atoms with Crippen LogP contribution in [0.5, 0.6) is 0 Å². The SMILES string of the molecule is CC(C)(C)c1ccc(N(c2ccc3c(c2)oc2ccc(-c4ccc5oc6ccccc6c5c4)cc23)c2ccc3oc4ccccc4c3c2)cc1. The third-order valence-electron chi connectivity index (χ3n) is 10.0. The summed E-state index contributed by atoms with van der Waals surface area (Å²) in [5.74, 6) is 0. The van der Waals surface area contributed by atoms with Crippen molar-refractivity contribution in [3.8, 4) is 11.1 Å². The summed E-state index contributed by atoms with van der Waals surface area (Å²) in [5, 5.41) is 6.62. The maximum absolute atomic E-state index is 6.54. The molecular formula is C46H33NO3. The first-order chi connectivity index (χ1) is 24.4. The third kappa shape index (κ3) is 4.52. The highest BCUT2D eigenvalue weighted by Gasteiger charge is 2.20. The minimum absolute atomic E-state index is 0.0576. The molecule has 0 unspecified atom stereocenters. The first kappa shape index (κ1) is 28.7. The van der Waals surface area contributed by atoms with Gasteiger partial charge in [-0.1, -0.05) is 81.4 Å². The van der Waals surface area contributed by atoms with Gasteiger partial charge in [-0.05, 0) is 101 Å². The van der Waals surface area contributed by atoms with E-state index >= 15 is 0 Å². The number of furan rings is 3. The predicted octanol–water partition coefficient (Wildman–Crippen LogP) is 13.8. The van der Waals surface area contributed by atoms with Crippen LogP contribution in [0.2, 0.25) is 0 Å². The van der Waals surface area contributed by atoms with Crippen molar-refractivity contribution >= 4 is 82.9 Å². The van der Waals surface area contributed by atoms with Gasteiger partial charge >= 0.3 is 0 Å². The highest BCUT2D eigenvalue weighted by atomic mass is 16.3. The van der Waals surface area contributed by atoms with E-state index in [0.717, 1.165) is 94.0 Å². The van der Waals surface area contributed by atoms with Crippen molar-refractivity contribution in [2.75, 3.05) is 4.90 Å². The Balaban J connectivity index is 1.10. The van der Waals surface area contributed by atoms with Crippen LogP contribution in [0.4, 0.5) is 17.1 Å². The summed E-state index contributed by atoms with van der Waals surface area (Å²) in [7, 11) is 0. The Labute approximate surface area is 288 Å². The molecule has 0 aliphatic heterocycles. The van der Waals surface area contributed by atoms with Crippen molar-refractivity contribution < 1.29 is 13.3 Å². The summed E-state index contributed by atoms with van der Waals surface area (Å²) in [5.41, 5.74) is 12.1. The summed E-state index contributed by atoms with van der Waals surface area (Å²) in [6, 6.07) is 51.2. The zero-order valence-electron chi connectivity index (χ0n) is 28.0. The standard InChI is InChI=1S/C46H33NO3/c1-46(2,3)30-14-16-31(17-15-30)47(32-19-23-44-39(26-32)35-9-5-7-11-41(35)49-44)33-18-20-36-38-25-29(13-22-43(38)50-45(36)27-33)28-12-21-42-37(24-28)34-8-4-6-10-40(34)48-42/h4-27H,1-3H3. The van der Waals surface area contributed by atoms with E-state index in [1.807, 2.05) is 24.3 Å². The van der Waals surface area contributed by atoms with Gasteiger partial charge in [-0.3, -0.25) is 0 Å². The molecule has 0 radical (unpaired) electrons. The van der Waals surface area contributed by atoms with Crippen LogP contribution in [0.25, 0.3) is 76.9 Å². The topological polar surface area (TPSA) is 42.7 Å². The lowest BCUT2D eigenvalue weighted by Crippen LogP contribution is -2.13. The average Bonchev–Trinajstić information content (AvgIpc) is 3.82. The van der Waals surface area contributed by atoms with Gasteiger partial charge in [0.05, 0.1) is 0 Å². The molecule has 0 fully saturated rings. The molecule has 0 aliphatic rings. The van der Waals surface area contributed by atoms with Crippen LogP contribution in [0, 0.1) is 0 Å². The summed E-state index contributed by atoms with van der Waals surface area (Å²) >= 11 is 0. The lowest BCUT2D eigenvalue weighted by Gasteiger charge is -2.27. The monoisotopic (exact) mass is 647 g/mol. The molecule has 0 amide bonds. The predicted molar refractivity (Wildman–Crippen MR) is 207 cm³/mol. The Bertz CT molecular complexity index is 2910. The van der Waals surface area contributed by atoms with E-state index in [9.17, 15) is 0 Å². The molecule has 0 aliphatic carbocycles.